The van der Waals surface area contributed by atoms with E-state index >= 15 is 0 Å². The number of benzene rings is 1. The Balaban J connectivity index is 1.38. The number of hydrogen-bond acceptors (Lipinski definition) is 5. The Kier molecular flexibility index (Phi) is 5.44. The van der Waals surface area contributed by atoms with Crippen molar-refractivity contribution in [1.29, 1.82) is 0 Å². The molecule has 1 saturated carbocycles. The molecule has 29 heavy (non-hydrogen) atoms. The van der Waals surface area contributed by atoms with Crippen molar-refractivity contribution in [2.24, 2.45) is 0 Å². The quantitative estimate of drug-likeness (QED) is 0.753. The van der Waals surface area contributed by atoms with Gasteiger partial charge in [0.2, 0.25) is 5.88 Å². The van der Waals surface area contributed by atoms with Crippen LogP contribution in [-0.4, -0.2) is 16.0 Å². The van der Waals surface area contributed by atoms with Crippen molar-refractivity contribution < 1.29 is 17.9 Å². The van der Waals surface area contributed by atoms with Crippen molar-refractivity contribution in [3.63, 3.8) is 0 Å². The van der Waals surface area contributed by atoms with Gasteiger partial charge in [0, 0.05) is 30.7 Å². The van der Waals surface area contributed by atoms with Crippen LogP contribution in [0.1, 0.15) is 36.8 Å². The molecule has 1 aliphatic heterocycles. The lowest BCUT2D eigenvalue weighted by Gasteiger charge is -2.31. The molecule has 0 radical (unpaired) electrons. The van der Waals surface area contributed by atoms with Crippen LogP contribution in [0, 0.1) is 0 Å². The number of allylic oxidation sites excluding steroid dienone is 1. The summed E-state index contributed by atoms with van der Waals surface area (Å²) in [7, 11) is 0. The molecular weight excluding hydrogens is 381 g/mol. The van der Waals surface area contributed by atoms with E-state index in [4.69, 9.17) is 4.74 Å². The first-order valence-corrected chi connectivity index (χ1v) is 9.44. The average Bonchev–Trinajstić information content (AvgIpc) is 3.23. The van der Waals surface area contributed by atoms with E-state index in [1.54, 1.807) is 6.07 Å². The average molecular weight is 402 g/mol. The van der Waals surface area contributed by atoms with Crippen molar-refractivity contribution in [3.8, 4) is 11.6 Å². The van der Waals surface area contributed by atoms with Gasteiger partial charge in [-0.2, -0.15) is 13.2 Å². The SMILES string of the molecule is FC(F)(F)c1ccc(Oc2cccc(C=C3CCC(N4C=CNN4)CC3)c2)nc1. The minimum atomic E-state index is -4.41. The molecule has 0 atom stereocenters. The molecule has 4 rings (SSSR count). The third kappa shape index (κ3) is 4.89. The lowest BCUT2D eigenvalue weighted by Crippen LogP contribution is -2.43. The molecular formula is C21H21F3N4O. The van der Waals surface area contributed by atoms with Gasteiger partial charge in [-0.25, -0.2) is 4.98 Å². The molecule has 0 unspecified atom stereocenters. The maximum absolute atomic E-state index is 12.6. The number of aromatic nitrogens is 1. The van der Waals surface area contributed by atoms with Crippen molar-refractivity contribution in [1.82, 2.24) is 21.0 Å². The fourth-order valence-electron chi connectivity index (χ4n) is 3.51. The molecule has 1 aromatic heterocycles. The number of nitrogens with zero attached hydrogens (tertiary/aromatic N) is 2. The van der Waals surface area contributed by atoms with Gasteiger partial charge >= 0.3 is 6.18 Å². The van der Waals surface area contributed by atoms with E-state index in [1.165, 1.54) is 11.6 Å². The van der Waals surface area contributed by atoms with Gasteiger partial charge in [-0.1, -0.05) is 23.8 Å². The number of pyridine rings is 1. The molecule has 0 saturated heterocycles. The molecule has 1 fully saturated rings. The van der Waals surface area contributed by atoms with Crippen LogP contribution in [0.15, 0.2) is 60.6 Å². The molecule has 2 aliphatic rings. The lowest BCUT2D eigenvalue weighted by molar-refractivity contribution is -0.137. The summed E-state index contributed by atoms with van der Waals surface area (Å²) < 4.78 is 43.5. The number of nitrogens with one attached hydrogen (secondary N) is 2. The second-order valence-electron chi connectivity index (χ2n) is 7.07. The summed E-state index contributed by atoms with van der Waals surface area (Å²) in [6, 6.07) is 10.1. The maximum atomic E-state index is 12.6. The van der Waals surface area contributed by atoms with E-state index in [0.29, 0.717) is 11.8 Å². The molecule has 1 aromatic carbocycles. The zero-order chi connectivity index (χ0) is 20.3. The Morgan fingerprint density at radius 2 is 1.97 bits per heavy atom. The Morgan fingerprint density at radius 1 is 1.14 bits per heavy atom. The number of hydrazine groups is 2. The van der Waals surface area contributed by atoms with Crippen molar-refractivity contribution in [2.75, 3.05) is 0 Å². The van der Waals surface area contributed by atoms with Gasteiger partial charge in [0.25, 0.3) is 0 Å². The van der Waals surface area contributed by atoms with Crippen molar-refractivity contribution in [3.05, 3.63) is 71.7 Å². The highest BCUT2D eigenvalue weighted by molar-refractivity contribution is 5.55. The number of halogens is 3. The van der Waals surface area contributed by atoms with Gasteiger partial charge in [-0.05, 0) is 49.4 Å². The summed E-state index contributed by atoms with van der Waals surface area (Å²) in [6.07, 6.45) is 6.58. The molecule has 2 heterocycles. The summed E-state index contributed by atoms with van der Waals surface area (Å²) >= 11 is 0. The van der Waals surface area contributed by atoms with Gasteiger partial charge in [0.15, 0.2) is 0 Å². The van der Waals surface area contributed by atoms with Gasteiger partial charge in [0.05, 0.1) is 5.56 Å². The Bertz CT molecular complexity index is 899. The van der Waals surface area contributed by atoms with Gasteiger partial charge < -0.3 is 10.2 Å². The molecule has 2 aromatic rings. The highest BCUT2D eigenvalue weighted by atomic mass is 19.4. The number of rotatable bonds is 4. The Hall–Kier alpha value is -3.00. The summed E-state index contributed by atoms with van der Waals surface area (Å²) in [5.41, 5.74) is 7.65. The second kappa shape index (κ2) is 8.16. The number of ether oxygens (including phenoxy) is 1. The molecule has 1 aliphatic carbocycles. The predicted molar refractivity (Wildman–Crippen MR) is 103 cm³/mol. The molecule has 2 N–H and O–H groups in total. The zero-order valence-corrected chi connectivity index (χ0v) is 15.6. The Morgan fingerprint density at radius 3 is 2.62 bits per heavy atom. The summed E-state index contributed by atoms with van der Waals surface area (Å²) in [6.45, 7) is 0. The highest BCUT2D eigenvalue weighted by Crippen LogP contribution is 2.31. The van der Waals surface area contributed by atoms with Crippen LogP contribution >= 0.6 is 0 Å². The van der Waals surface area contributed by atoms with Gasteiger partial charge in [-0.3, -0.25) is 5.01 Å². The fraction of sp³-hybridized carbons (Fsp3) is 0.286. The molecule has 8 heteroatoms. The van der Waals surface area contributed by atoms with E-state index < -0.39 is 11.7 Å². The molecule has 0 spiro atoms. The maximum Gasteiger partial charge on any atom is 0.417 e. The standard InChI is InChI=1S/C21H21F3N4O/c22-21(23,24)17-6-9-20(25-14-17)29-19-3-1-2-16(13-19)12-15-4-7-18(8-5-15)28-11-10-26-27-28/h1-3,6,9-14,18,26-27H,4-5,7-8H2. The zero-order valence-electron chi connectivity index (χ0n) is 15.6. The summed E-state index contributed by atoms with van der Waals surface area (Å²) in [5, 5.41) is 2.10. The first-order chi connectivity index (χ1) is 14.0. The third-order valence-corrected chi connectivity index (χ3v) is 5.02. The number of alkyl halides is 3. The number of hydrogen-bond donors (Lipinski definition) is 2. The van der Waals surface area contributed by atoms with Crippen LogP contribution in [0.4, 0.5) is 13.2 Å². The van der Waals surface area contributed by atoms with Gasteiger partial charge in [-0.15, -0.1) is 5.53 Å². The monoisotopic (exact) mass is 402 g/mol. The Labute approximate surface area is 166 Å². The van der Waals surface area contributed by atoms with Crippen LogP contribution in [0.5, 0.6) is 11.6 Å². The van der Waals surface area contributed by atoms with Crippen molar-refractivity contribution in [2.45, 2.75) is 37.9 Å². The minimum Gasteiger partial charge on any atom is -0.439 e. The summed E-state index contributed by atoms with van der Waals surface area (Å²) in [4.78, 5) is 3.75. The highest BCUT2D eigenvalue weighted by Gasteiger charge is 2.30. The van der Waals surface area contributed by atoms with E-state index in [0.717, 1.165) is 43.5 Å². The molecule has 152 valence electrons. The molecule has 5 nitrogen and oxygen atoms in total. The first-order valence-electron chi connectivity index (χ1n) is 9.44. The van der Waals surface area contributed by atoms with Gasteiger partial charge in [0.1, 0.15) is 5.75 Å². The lowest BCUT2D eigenvalue weighted by atomic mass is 9.89. The molecule has 0 bridgehead atoms. The predicted octanol–water partition coefficient (Wildman–Crippen LogP) is 5.01. The van der Waals surface area contributed by atoms with E-state index in [2.05, 4.69) is 27.0 Å². The minimum absolute atomic E-state index is 0.128. The van der Waals surface area contributed by atoms with E-state index in [1.807, 2.05) is 30.6 Å². The van der Waals surface area contributed by atoms with Crippen LogP contribution in [0.2, 0.25) is 0 Å². The summed E-state index contributed by atoms with van der Waals surface area (Å²) in [5.74, 6) is 0.667. The normalized spacial score (nSPS) is 19.2. The van der Waals surface area contributed by atoms with Crippen LogP contribution in [0.3, 0.4) is 0 Å². The van der Waals surface area contributed by atoms with Crippen LogP contribution in [0.25, 0.3) is 6.08 Å². The van der Waals surface area contributed by atoms with Crippen LogP contribution < -0.4 is 15.7 Å². The third-order valence-electron chi connectivity index (χ3n) is 5.02. The second-order valence-corrected chi connectivity index (χ2v) is 7.07. The van der Waals surface area contributed by atoms with E-state index in [-0.39, 0.29) is 5.88 Å². The topological polar surface area (TPSA) is 49.4 Å². The fourth-order valence-corrected chi connectivity index (χ4v) is 3.51. The largest absolute Gasteiger partial charge is 0.439 e. The van der Waals surface area contributed by atoms with Crippen molar-refractivity contribution >= 4 is 6.08 Å². The smallest absolute Gasteiger partial charge is 0.417 e. The van der Waals surface area contributed by atoms with E-state index in [9.17, 15) is 13.2 Å². The first kappa shape index (κ1) is 19.3. The van der Waals surface area contributed by atoms with Crippen LogP contribution in [-0.2, 0) is 6.18 Å². The molecule has 0 amide bonds.